The minimum Gasteiger partial charge on any atom is -0.490 e. The largest absolute Gasteiger partial charge is 0.490 e. The lowest BCUT2D eigenvalue weighted by molar-refractivity contribution is 0.0825. The highest BCUT2D eigenvalue weighted by molar-refractivity contribution is 6.12. The molecule has 1 fully saturated rings. The number of aromatic amines is 1. The first-order chi connectivity index (χ1) is 10.0. The van der Waals surface area contributed by atoms with Crippen molar-refractivity contribution in [3.8, 4) is 5.75 Å². The molecule has 1 aromatic heterocycles. The lowest BCUT2D eigenvalue weighted by Crippen LogP contribution is -2.24. The van der Waals surface area contributed by atoms with Gasteiger partial charge in [0.2, 0.25) is 0 Å². The number of ketones is 1. The summed E-state index contributed by atoms with van der Waals surface area (Å²) in [6, 6.07) is 5.91. The van der Waals surface area contributed by atoms with Crippen LogP contribution in [0.1, 0.15) is 56.8 Å². The molecule has 0 spiro atoms. The molecule has 1 aliphatic carbocycles. The van der Waals surface area contributed by atoms with E-state index in [4.69, 9.17) is 4.74 Å². The standard InChI is InChI=1S/C18H23NO2/c1-12(2)21-15-8-6-7-14-16(15)13(11-19-14)17(20)18(3)9-4-5-10-18/h6-8,11-12,19H,4-5,9-10H2,1-3H3. The maximum Gasteiger partial charge on any atom is 0.171 e. The van der Waals surface area contributed by atoms with Gasteiger partial charge < -0.3 is 9.72 Å². The van der Waals surface area contributed by atoms with Gasteiger partial charge in [-0.3, -0.25) is 4.79 Å². The average molecular weight is 285 g/mol. The van der Waals surface area contributed by atoms with E-state index in [1.54, 1.807) is 0 Å². The molecular formula is C18H23NO2. The second kappa shape index (κ2) is 5.21. The summed E-state index contributed by atoms with van der Waals surface area (Å²) in [4.78, 5) is 16.2. The molecule has 0 atom stereocenters. The molecule has 0 amide bonds. The average Bonchev–Trinajstić information content (AvgIpc) is 3.05. The van der Waals surface area contributed by atoms with Crippen molar-refractivity contribution in [1.29, 1.82) is 0 Å². The van der Waals surface area contributed by atoms with E-state index in [-0.39, 0.29) is 17.3 Å². The summed E-state index contributed by atoms with van der Waals surface area (Å²) in [5.74, 6) is 1.06. The number of benzene rings is 1. The van der Waals surface area contributed by atoms with E-state index in [0.29, 0.717) is 0 Å². The van der Waals surface area contributed by atoms with Gasteiger partial charge in [0.25, 0.3) is 0 Å². The van der Waals surface area contributed by atoms with E-state index in [1.165, 1.54) is 0 Å². The third-order valence-corrected chi connectivity index (χ3v) is 4.53. The molecule has 0 saturated heterocycles. The number of ether oxygens (including phenoxy) is 1. The molecule has 1 aliphatic rings. The van der Waals surface area contributed by atoms with Crippen LogP contribution in [0.15, 0.2) is 24.4 Å². The Hall–Kier alpha value is -1.77. The number of hydrogen-bond acceptors (Lipinski definition) is 2. The summed E-state index contributed by atoms with van der Waals surface area (Å²) in [5.41, 5.74) is 1.55. The Morgan fingerprint density at radius 3 is 2.67 bits per heavy atom. The van der Waals surface area contributed by atoms with E-state index >= 15 is 0 Å². The van der Waals surface area contributed by atoms with Crippen molar-refractivity contribution in [3.05, 3.63) is 30.0 Å². The number of hydrogen-bond donors (Lipinski definition) is 1. The van der Waals surface area contributed by atoms with Crippen molar-refractivity contribution in [2.75, 3.05) is 0 Å². The molecule has 0 unspecified atom stereocenters. The fourth-order valence-electron chi connectivity index (χ4n) is 3.39. The lowest BCUT2D eigenvalue weighted by atomic mass is 9.80. The summed E-state index contributed by atoms with van der Waals surface area (Å²) in [6.45, 7) is 6.11. The molecule has 1 heterocycles. The minimum absolute atomic E-state index is 0.0931. The molecule has 0 radical (unpaired) electrons. The van der Waals surface area contributed by atoms with E-state index in [9.17, 15) is 4.79 Å². The van der Waals surface area contributed by atoms with Crippen LogP contribution in [0.3, 0.4) is 0 Å². The van der Waals surface area contributed by atoms with Crippen LogP contribution in [0.25, 0.3) is 10.9 Å². The smallest absolute Gasteiger partial charge is 0.171 e. The van der Waals surface area contributed by atoms with Crippen molar-refractivity contribution in [1.82, 2.24) is 4.98 Å². The highest BCUT2D eigenvalue weighted by atomic mass is 16.5. The SMILES string of the molecule is CC(C)Oc1cccc2[nH]cc(C(=O)C3(C)CCCC3)c12. The Labute approximate surface area is 125 Å². The first-order valence-corrected chi connectivity index (χ1v) is 7.83. The molecule has 1 saturated carbocycles. The third-order valence-electron chi connectivity index (χ3n) is 4.53. The topological polar surface area (TPSA) is 42.1 Å². The van der Waals surface area contributed by atoms with Gasteiger partial charge in [0.15, 0.2) is 5.78 Å². The highest BCUT2D eigenvalue weighted by Gasteiger charge is 2.38. The Kier molecular flexibility index (Phi) is 3.52. The zero-order valence-electron chi connectivity index (χ0n) is 13.0. The molecule has 3 nitrogen and oxygen atoms in total. The zero-order chi connectivity index (χ0) is 15.0. The molecule has 1 aromatic carbocycles. The zero-order valence-corrected chi connectivity index (χ0v) is 13.0. The molecule has 21 heavy (non-hydrogen) atoms. The van der Waals surface area contributed by atoms with Crippen LogP contribution in [0.4, 0.5) is 0 Å². The van der Waals surface area contributed by atoms with Gasteiger partial charge in [0, 0.05) is 22.7 Å². The van der Waals surface area contributed by atoms with Crippen molar-refractivity contribution < 1.29 is 9.53 Å². The molecule has 3 rings (SSSR count). The van der Waals surface area contributed by atoms with Gasteiger partial charge in [-0.05, 0) is 38.8 Å². The quantitative estimate of drug-likeness (QED) is 0.826. The van der Waals surface area contributed by atoms with E-state index in [2.05, 4.69) is 11.9 Å². The van der Waals surface area contributed by atoms with Crippen LogP contribution >= 0.6 is 0 Å². The van der Waals surface area contributed by atoms with Gasteiger partial charge in [-0.25, -0.2) is 0 Å². The number of aromatic nitrogens is 1. The summed E-state index contributed by atoms with van der Waals surface area (Å²) < 4.78 is 5.90. The molecule has 2 aromatic rings. The molecular weight excluding hydrogens is 262 g/mol. The van der Waals surface area contributed by atoms with Gasteiger partial charge in [-0.2, -0.15) is 0 Å². The van der Waals surface area contributed by atoms with Crippen molar-refractivity contribution in [2.24, 2.45) is 5.41 Å². The first-order valence-electron chi connectivity index (χ1n) is 7.83. The van der Waals surface area contributed by atoms with Crippen molar-refractivity contribution >= 4 is 16.7 Å². The number of Topliss-reactive ketones (excluding diaryl/α,β-unsaturated/α-hetero) is 1. The Bertz CT molecular complexity index is 663. The van der Waals surface area contributed by atoms with E-state index in [0.717, 1.165) is 47.9 Å². The van der Waals surface area contributed by atoms with Crippen LogP contribution in [0.2, 0.25) is 0 Å². The summed E-state index contributed by atoms with van der Waals surface area (Å²) in [6.07, 6.45) is 6.23. The first kappa shape index (κ1) is 14.2. The Morgan fingerprint density at radius 2 is 2.00 bits per heavy atom. The van der Waals surface area contributed by atoms with Crippen LogP contribution in [0.5, 0.6) is 5.75 Å². The fourth-order valence-corrected chi connectivity index (χ4v) is 3.39. The van der Waals surface area contributed by atoms with Gasteiger partial charge in [0.1, 0.15) is 5.75 Å². The number of rotatable bonds is 4. The van der Waals surface area contributed by atoms with Gasteiger partial charge in [0.05, 0.1) is 11.5 Å². The maximum atomic E-state index is 13.0. The Morgan fingerprint density at radius 1 is 1.29 bits per heavy atom. The molecule has 3 heteroatoms. The number of nitrogens with one attached hydrogen (secondary N) is 1. The predicted octanol–water partition coefficient (Wildman–Crippen LogP) is 4.72. The normalized spacial score (nSPS) is 17.5. The molecule has 0 aliphatic heterocycles. The second-order valence-electron chi connectivity index (χ2n) is 6.64. The van der Waals surface area contributed by atoms with Gasteiger partial charge in [-0.1, -0.05) is 25.8 Å². The number of carbonyl (C=O) groups excluding carboxylic acids is 1. The number of H-pyrrole nitrogens is 1. The van der Waals surface area contributed by atoms with Crippen LogP contribution in [-0.4, -0.2) is 16.9 Å². The molecule has 112 valence electrons. The summed E-state index contributed by atoms with van der Waals surface area (Å²) in [7, 11) is 0. The van der Waals surface area contributed by atoms with E-state index in [1.807, 2.05) is 38.2 Å². The number of carbonyl (C=O) groups is 1. The van der Waals surface area contributed by atoms with Crippen molar-refractivity contribution in [2.45, 2.75) is 52.6 Å². The predicted molar refractivity (Wildman–Crippen MR) is 85.0 cm³/mol. The van der Waals surface area contributed by atoms with Crippen molar-refractivity contribution in [3.63, 3.8) is 0 Å². The van der Waals surface area contributed by atoms with Crippen LogP contribution in [0, 0.1) is 5.41 Å². The third kappa shape index (κ3) is 2.45. The maximum absolute atomic E-state index is 13.0. The van der Waals surface area contributed by atoms with Gasteiger partial charge in [-0.15, -0.1) is 0 Å². The number of fused-ring (bicyclic) bond motifs is 1. The van der Waals surface area contributed by atoms with Gasteiger partial charge >= 0.3 is 0 Å². The molecule has 0 bridgehead atoms. The Balaban J connectivity index is 2.08. The molecule has 1 N–H and O–H groups in total. The fraction of sp³-hybridized carbons (Fsp3) is 0.500. The minimum atomic E-state index is -0.208. The summed E-state index contributed by atoms with van der Waals surface area (Å²) in [5, 5.41) is 0.935. The van der Waals surface area contributed by atoms with Crippen LogP contribution < -0.4 is 4.74 Å². The second-order valence-corrected chi connectivity index (χ2v) is 6.64. The van der Waals surface area contributed by atoms with E-state index < -0.39 is 0 Å². The summed E-state index contributed by atoms with van der Waals surface area (Å²) >= 11 is 0. The van der Waals surface area contributed by atoms with Crippen LogP contribution in [-0.2, 0) is 0 Å². The highest BCUT2D eigenvalue weighted by Crippen LogP contribution is 2.42. The monoisotopic (exact) mass is 285 g/mol. The lowest BCUT2D eigenvalue weighted by Gasteiger charge is -2.21.